The molecule has 0 rings (SSSR count). The summed E-state index contributed by atoms with van der Waals surface area (Å²) in [5, 5.41) is 10.6. The van der Waals surface area contributed by atoms with E-state index in [4.69, 9.17) is 0 Å². The Hall–Kier alpha value is -3.42. The lowest BCUT2D eigenvalue weighted by Gasteiger charge is -2.29. The number of allylic oxidation sites excluding steroid dienone is 26. The first-order valence-electron chi connectivity index (χ1n) is 17.0. The molecule has 0 aromatic carbocycles. The minimum atomic E-state index is -0.666. The highest BCUT2D eigenvalue weighted by molar-refractivity contribution is 5.32. The molecule has 252 valence electrons. The van der Waals surface area contributed by atoms with E-state index in [1.165, 1.54) is 44.6 Å². The Kier molecular flexibility index (Phi) is 22.9. The van der Waals surface area contributed by atoms with Crippen LogP contribution in [-0.2, 0) is 0 Å². The molecule has 0 bridgehead atoms. The van der Waals surface area contributed by atoms with Gasteiger partial charge in [-0.15, -0.1) is 0 Å². The van der Waals surface area contributed by atoms with Crippen LogP contribution in [0.25, 0.3) is 0 Å². The van der Waals surface area contributed by atoms with Crippen molar-refractivity contribution < 1.29 is 5.11 Å². The largest absolute Gasteiger partial charge is 0.390 e. The van der Waals surface area contributed by atoms with Crippen LogP contribution in [0.1, 0.15) is 115 Å². The zero-order valence-corrected chi connectivity index (χ0v) is 31.5. The molecule has 0 fully saturated rings. The number of hydrogen-bond acceptors (Lipinski definition) is 1. The van der Waals surface area contributed by atoms with Crippen molar-refractivity contribution in [3.8, 4) is 0 Å². The zero-order chi connectivity index (χ0) is 35.0. The first-order valence-corrected chi connectivity index (χ1v) is 17.0. The van der Waals surface area contributed by atoms with Crippen molar-refractivity contribution in [2.45, 2.75) is 121 Å². The summed E-state index contributed by atoms with van der Waals surface area (Å²) >= 11 is 0. The summed E-state index contributed by atoms with van der Waals surface area (Å²) in [6.45, 7) is 25.2. The van der Waals surface area contributed by atoms with Crippen molar-refractivity contribution in [2.75, 3.05) is 0 Å². The third-order valence-electron chi connectivity index (χ3n) is 7.53. The van der Waals surface area contributed by atoms with Gasteiger partial charge in [-0.25, -0.2) is 0 Å². The van der Waals surface area contributed by atoms with Gasteiger partial charge >= 0.3 is 0 Å². The summed E-state index contributed by atoms with van der Waals surface area (Å²) in [5.41, 5.74) is 9.60. The van der Waals surface area contributed by atoms with Gasteiger partial charge in [0.15, 0.2) is 0 Å². The minimum absolute atomic E-state index is 0.259. The van der Waals surface area contributed by atoms with E-state index in [1.54, 1.807) is 0 Å². The van der Waals surface area contributed by atoms with Crippen LogP contribution in [0, 0.1) is 5.92 Å². The fourth-order valence-electron chi connectivity index (χ4n) is 4.36. The average molecular weight is 623 g/mol. The Balaban J connectivity index is 4.84. The molecule has 0 aliphatic heterocycles. The predicted octanol–water partition coefficient (Wildman–Crippen LogP) is 13.7. The topological polar surface area (TPSA) is 20.2 Å². The van der Waals surface area contributed by atoms with Crippen LogP contribution >= 0.6 is 0 Å². The second kappa shape index (κ2) is 24.8. The Bertz CT molecular complexity index is 1300. The van der Waals surface area contributed by atoms with Crippen LogP contribution in [0.4, 0.5) is 0 Å². The molecule has 0 aliphatic rings. The van der Waals surface area contributed by atoms with Crippen LogP contribution in [0.2, 0.25) is 0 Å². The summed E-state index contributed by atoms with van der Waals surface area (Å²) < 4.78 is 0. The predicted molar refractivity (Wildman–Crippen MR) is 210 cm³/mol. The summed E-state index contributed by atoms with van der Waals surface area (Å²) in [5.74, 6) is 0.259. The molecule has 0 saturated heterocycles. The molecule has 1 nitrogen and oxygen atoms in total. The Morgan fingerprint density at radius 3 is 1.26 bits per heavy atom. The van der Waals surface area contributed by atoms with Crippen molar-refractivity contribution in [2.24, 2.45) is 5.92 Å². The fourth-order valence-corrected chi connectivity index (χ4v) is 4.36. The van der Waals surface area contributed by atoms with Crippen LogP contribution in [0.3, 0.4) is 0 Å². The SMILES string of the molecule is CC(C)=CCCC(C)=CC=CC(C)=CC=CC(C)=CC=CC=C(C)C=CC=C(C)C=CC=C(C)CCC(CC=C(C)C)C(C)(C)O. The van der Waals surface area contributed by atoms with Gasteiger partial charge in [0.2, 0.25) is 0 Å². The summed E-state index contributed by atoms with van der Waals surface area (Å²) in [4.78, 5) is 0. The molecule has 46 heavy (non-hydrogen) atoms. The van der Waals surface area contributed by atoms with Gasteiger partial charge in [-0.2, -0.15) is 0 Å². The van der Waals surface area contributed by atoms with Gasteiger partial charge in [0.05, 0.1) is 5.60 Å². The smallest absolute Gasteiger partial charge is 0.0622 e. The molecule has 1 heteroatoms. The average Bonchev–Trinajstić information content (AvgIpc) is 2.94. The first kappa shape index (κ1) is 42.6. The summed E-state index contributed by atoms with van der Waals surface area (Å²) in [6.07, 6.45) is 43.8. The normalized spacial score (nSPS) is 15.8. The van der Waals surface area contributed by atoms with Gasteiger partial charge < -0.3 is 5.11 Å². The molecule has 0 radical (unpaired) electrons. The quantitative estimate of drug-likeness (QED) is 0.112. The lowest BCUT2D eigenvalue weighted by Crippen LogP contribution is -2.30. The molecular weight excluding hydrogens is 556 g/mol. The molecule has 1 N–H and O–H groups in total. The van der Waals surface area contributed by atoms with Gasteiger partial charge in [0.25, 0.3) is 0 Å². The first-order chi connectivity index (χ1) is 21.6. The zero-order valence-electron chi connectivity index (χ0n) is 31.5. The number of hydrogen-bond donors (Lipinski definition) is 1. The van der Waals surface area contributed by atoms with Gasteiger partial charge in [0, 0.05) is 0 Å². The van der Waals surface area contributed by atoms with E-state index in [9.17, 15) is 5.11 Å². The molecule has 0 aromatic heterocycles. The van der Waals surface area contributed by atoms with Crippen molar-refractivity contribution in [3.63, 3.8) is 0 Å². The van der Waals surface area contributed by atoms with Crippen molar-refractivity contribution in [3.05, 3.63) is 154 Å². The van der Waals surface area contributed by atoms with E-state index in [-0.39, 0.29) is 5.92 Å². The molecule has 1 atom stereocenters. The lowest BCUT2D eigenvalue weighted by atomic mass is 9.83. The standard InChI is InChI=1S/C45H66O/c1-36(2)20-15-23-40(7)26-18-29-41(8)27-16-24-38(5)21-13-14-22-39(6)25-17-28-42(9)30-19-31-43(10)33-35-44(45(11,12)46)34-32-37(3)4/h13-14,16-22,24-32,44,46H,15,23,33-35H2,1-12H3. The Labute approximate surface area is 285 Å². The van der Waals surface area contributed by atoms with Gasteiger partial charge in [-0.05, 0) is 121 Å². The fraction of sp³-hybridized carbons (Fsp3) is 0.422. The monoisotopic (exact) mass is 623 g/mol. The second-order valence-electron chi connectivity index (χ2n) is 13.7. The maximum atomic E-state index is 10.6. The Morgan fingerprint density at radius 2 is 0.870 bits per heavy atom. The highest BCUT2D eigenvalue weighted by atomic mass is 16.3. The van der Waals surface area contributed by atoms with E-state index < -0.39 is 5.60 Å². The Morgan fingerprint density at radius 1 is 0.500 bits per heavy atom. The van der Waals surface area contributed by atoms with E-state index in [1.807, 2.05) is 13.8 Å². The summed E-state index contributed by atoms with van der Waals surface area (Å²) in [6, 6.07) is 0. The van der Waals surface area contributed by atoms with Crippen molar-refractivity contribution in [1.82, 2.24) is 0 Å². The molecule has 0 heterocycles. The van der Waals surface area contributed by atoms with E-state index >= 15 is 0 Å². The number of rotatable bonds is 19. The molecular formula is C45H66O. The molecule has 0 amide bonds. The highest BCUT2D eigenvalue weighted by Gasteiger charge is 2.25. The maximum Gasteiger partial charge on any atom is 0.0622 e. The van der Waals surface area contributed by atoms with Crippen molar-refractivity contribution in [1.29, 1.82) is 0 Å². The maximum absolute atomic E-state index is 10.6. The molecule has 1 unspecified atom stereocenters. The lowest BCUT2D eigenvalue weighted by molar-refractivity contribution is 0.0145. The molecule has 0 saturated carbocycles. The minimum Gasteiger partial charge on any atom is -0.390 e. The van der Waals surface area contributed by atoms with Gasteiger partial charge in [-0.1, -0.05) is 154 Å². The number of aliphatic hydroxyl groups is 1. The van der Waals surface area contributed by atoms with Crippen LogP contribution in [0.15, 0.2) is 154 Å². The van der Waals surface area contributed by atoms with Crippen LogP contribution in [-0.4, -0.2) is 10.7 Å². The van der Waals surface area contributed by atoms with Crippen LogP contribution in [0.5, 0.6) is 0 Å². The second-order valence-corrected chi connectivity index (χ2v) is 13.7. The molecule has 0 aromatic rings. The van der Waals surface area contributed by atoms with Gasteiger partial charge in [-0.3, -0.25) is 0 Å². The van der Waals surface area contributed by atoms with Gasteiger partial charge in [0.1, 0.15) is 0 Å². The van der Waals surface area contributed by atoms with Crippen LogP contribution < -0.4 is 0 Å². The van der Waals surface area contributed by atoms with E-state index in [0.29, 0.717) is 0 Å². The third kappa shape index (κ3) is 25.9. The molecule has 0 spiro atoms. The van der Waals surface area contributed by atoms with E-state index in [0.717, 1.165) is 32.1 Å². The van der Waals surface area contributed by atoms with E-state index in [2.05, 4.69) is 179 Å². The highest BCUT2D eigenvalue weighted by Crippen LogP contribution is 2.27. The molecule has 0 aliphatic carbocycles. The summed E-state index contributed by atoms with van der Waals surface area (Å²) in [7, 11) is 0. The third-order valence-corrected chi connectivity index (χ3v) is 7.53. The van der Waals surface area contributed by atoms with Crippen molar-refractivity contribution >= 4 is 0 Å².